The van der Waals surface area contributed by atoms with Crippen molar-refractivity contribution in [3.8, 4) is 5.75 Å². The number of rotatable bonds is 0. The van der Waals surface area contributed by atoms with Crippen LogP contribution in [0.1, 0.15) is 11.1 Å². The minimum atomic E-state index is -0.0649. The van der Waals surface area contributed by atoms with Crippen LogP contribution in [-0.2, 0) is 13.0 Å². The van der Waals surface area contributed by atoms with Crippen molar-refractivity contribution in [1.82, 2.24) is 4.57 Å². The maximum atomic E-state index is 11.9. The number of aromatic nitrogens is 1. The molecule has 15 heavy (non-hydrogen) atoms. The molecule has 1 aliphatic rings. The molecule has 0 atom stereocenters. The van der Waals surface area contributed by atoms with Crippen LogP contribution in [0.2, 0.25) is 0 Å². The average Bonchev–Trinajstić information content (AvgIpc) is 2.68. The molecule has 0 amide bonds. The highest BCUT2D eigenvalue weighted by atomic mass is 16.3. The van der Waals surface area contributed by atoms with Gasteiger partial charge in [0.25, 0.3) is 5.56 Å². The number of pyridine rings is 1. The van der Waals surface area contributed by atoms with E-state index >= 15 is 0 Å². The summed E-state index contributed by atoms with van der Waals surface area (Å²) in [6, 6.07) is 5.80. The van der Waals surface area contributed by atoms with Crippen molar-refractivity contribution >= 4 is 10.9 Å². The summed E-state index contributed by atoms with van der Waals surface area (Å²) < 4.78 is 1.76. The van der Waals surface area contributed by atoms with Gasteiger partial charge in [0.05, 0.1) is 11.1 Å². The highest BCUT2D eigenvalue weighted by Gasteiger charge is 2.19. The van der Waals surface area contributed by atoms with Gasteiger partial charge in [0.1, 0.15) is 5.75 Å². The van der Waals surface area contributed by atoms with Gasteiger partial charge in [-0.15, -0.1) is 0 Å². The molecule has 1 N–H and O–H groups in total. The van der Waals surface area contributed by atoms with Gasteiger partial charge in [-0.2, -0.15) is 0 Å². The normalized spacial score (nSPS) is 13.7. The lowest BCUT2D eigenvalue weighted by Gasteiger charge is -2.08. The summed E-state index contributed by atoms with van der Waals surface area (Å²) in [4.78, 5) is 11.9. The van der Waals surface area contributed by atoms with E-state index in [1.807, 2.05) is 18.2 Å². The number of aryl methyl sites for hydroxylation is 2. The Balaban J connectivity index is 2.66. The lowest BCUT2D eigenvalue weighted by molar-refractivity contribution is 0.474. The molecular formula is C12H11NO2. The van der Waals surface area contributed by atoms with Crippen LogP contribution in [0.15, 0.2) is 23.0 Å². The molecule has 2 heterocycles. The molecule has 0 saturated heterocycles. The summed E-state index contributed by atoms with van der Waals surface area (Å²) in [6.45, 7) is 2.40. The first-order valence-corrected chi connectivity index (χ1v) is 5.04. The Morgan fingerprint density at radius 2 is 2.20 bits per heavy atom. The summed E-state index contributed by atoms with van der Waals surface area (Å²) >= 11 is 0. The Kier molecular flexibility index (Phi) is 1.49. The molecule has 2 aromatic rings. The van der Waals surface area contributed by atoms with Crippen LogP contribution in [0.4, 0.5) is 0 Å². The van der Waals surface area contributed by atoms with Gasteiger partial charge in [0.15, 0.2) is 0 Å². The second kappa shape index (κ2) is 2.63. The van der Waals surface area contributed by atoms with Gasteiger partial charge in [-0.3, -0.25) is 4.79 Å². The van der Waals surface area contributed by atoms with Gasteiger partial charge < -0.3 is 9.67 Å². The second-order valence-electron chi connectivity index (χ2n) is 3.99. The van der Waals surface area contributed by atoms with E-state index in [0.717, 1.165) is 29.4 Å². The standard InChI is InChI=1S/C12H11NO2/c1-7-11(14)9-4-2-3-8-5-6-13(10(8)9)12(7)15/h2-4,14H,5-6H2,1H3. The molecule has 1 aliphatic heterocycles. The van der Waals surface area contributed by atoms with Gasteiger partial charge in [0.2, 0.25) is 0 Å². The molecule has 1 aromatic carbocycles. The smallest absolute Gasteiger partial charge is 0.257 e. The van der Waals surface area contributed by atoms with E-state index < -0.39 is 0 Å². The Bertz CT molecular complexity index is 626. The minimum Gasteiger partial charge on any atom is -0.507 e. The number of benzene rings is 1. The quantitative estimate of drug-likeness (QED) is 0.703. The lowest BCUT2D eigenvalue weighted by Crippen LogP contribution is -2.20. The van der Waals surface area contributed by atoms with Gasteiger partial charge in [-0.25, -0.2) is 0 Å². The molecule has 0 saturated carbocycles. The van der Waals surface area contributed by atoms with Gasteiger partial charge in [-0.1, -0.05) is 12.1 Å². The fourth-order valence-electron chi connectivity index (χ4n) is 2.36. The van der Waals surface area contributed by atoms with Crippen LogP contribution in [-0.4, -0.2) is 9.67 Å². The van der Waals surface area contributed by atoms with Gasteiger partial charge in [0, 0.05) is 11.9 Å². The lowest BCUT2D eigenvalue weighted by atomic mass is 10.1. The Hall–Kier alpha value is -1.77. The summed E-state index contributed by atoms with van der Waals surface area (Å²) in [6.07, 6.45) is 0.884. The topological polar surface area (TPSA) is 42.2 Å². The first-order valence-electron chi connectivity index (χ1n) is 5.04. The third-order valence-corrected chi connectivity index (χ3v) is 3.17. The molecule has 76 valence electrons. The zero-order valence-electron chi connectivity index (χ0n) is 8.45. The molecule has 0 spiro atoms. The molecule has 3 nitrogen and oxygen atoms in total. The number of para-hydroxylation sites is 1. The molecule has 3 rings (SSSR count). The molecule has 0 radical (unpaired) electrons. The molecule has 0 aliphatic carbocycles. The largest absolute Gasteiger partial charge is 0.507 e. The predicted molar refractivity (Wildman–Crippen MR) is 58.3 cm³/mol. The number of hydrogen-bond donors (Lipinski definition) is 1. The number of hydrogen-bond acceptors (Lipinski definition) is 2. The fourth-order valence-corrected chi connectivity index (χ4v) is 2.36. The van der Waals surface area contributed by atoms with Crippen molar-refractivity contribution in [3.05, 3.63) is 39.7 Å². The first kappa shape index (κ1) is 8.53. The molecule has 1 aromatic heterocycles. The van der Waals surface area contributed by atoms with Crippen molar-refractivity contribution in [3.63, 3.8) is 0 Å². The SMILES string of the molecule is Cc1c(O)c2cccc3c2n(c1=O)CC3. The summed E-state index contributed by atoms with van der Waals surface area (Å²) in [5, 5.41) is 10.7. The highest BCUT2D eigenvalue weighted by molar-refractivity contribution is 5.89. The van der Waals surface area contributed by atoms with E-state index in [2.05, 4.69) is 0 Å². The maximum Gasteiger partial charge on any atom is 0.257 e. The number of aromatic hydroxyl groups is 1. The summed E-state index contributed by atoms with van der Waals surface area (Å²) in [5.41, 5.74) is 2.44. The van der Waals surface area contributed by atoms with Gasteiger partial charge in [-0.05, 0) is 25.0 Å². The van der Waals surface area contributed by atoms with E-state index in [1.165, 1.54) is 0 Å². The predicted octanol–water partition coefficient (Wildman–Crippen LogP) is 1.57. The van der Waals surface area contributed by atoms with Crippen molar-refractivity contribution in [2.24, 2.45) is 0 Å². The Morgan fingerprint density at radius 1 is 1.40 bits per heavy atom. The van der Waals surface area contributed by atoms with Crippen molar-refractivity contribution in [2.45, 2.75) is 19.9 Å². The monoisotopic (exact) mass is 201 g/mol. The third kappa shape index (κ3) is 0.923. The fraction of sp³-hybridized carbons (Fsp3) is 0.250. The van der Waals surface area contributed by atoms with Crippen LogP contribution in [0.25, 0.3) is 10.9 Å². The maximum absolute atomic E-state index is 11.9. The zero-order chi connectivity index (χ0) is 10.6. The van der Waals surface area contributed by atoms with E-state index in [1.54, 1.807) is 11.5 Å². The average molecular weight is 201 g/mol. The van der Waals surface area contributed by atoms with E-state index in [0.29, 0.717) is 5.56 Å². The first-order chi connectivity index (χ1) is 7.20. The van der Waals surface area contributed by atoms with Crippen molar-refractivity contribution in [2.75, 3.05) is 0 Å². The van der Waals surface area contributed by atoms with E-state index in [9.17, 15) is 9.90 Å². The van der Waals surface area contributed by atoms with Crippen LogP contribution >= 0.6 is 0 Å². The van der Waals surface area contributed by atoms with E-state index in [-0.39, 0.29) is 11.3 Å². The van der Waals surface area contributed by atoms with Crippen LogP contribution in [0, 0.1) is 6.92 Å². The molecule has 0 unspecified atom stereocenters. The Labute approximate surface area is 86.6 Å². The van der Waals surface area contributed by atoms with Crippen LogP contribution in [0.3, 0.4) is 0 Å². The molecule has 0 bridgehead atoms. The van der Waals surface area contributed by atoms with Gasteiger partial charge >= 0.3 is 0 Å². The summed E-state index contributed by atoms with van der Waals surface area (Å²) in [5.74, 6) is 0.134. The number of nitrogens with zero attached hydrogens (tertiary/aromatic N) is 1. The van der Waals surface area contributed by atoms with Crippen molar-refractivity contribution in [1.29, 1.82) is 0 Å². The van der Waals surface area contributed by atoms with Crippen molar-refractivity contribution < 1.29 is 5.11 Å². The minimum absolute atomic E-state index is 0.0649. The molecular weight excluding hydrogens is 190 g/mol. The molecule has 3 heteroatoms. The zero-order valence-corrected chi connectivity index (χ0v) is 8.45. The van der Waals surface area contributed by atoms with Crippen LogP contribution < -0.4 is 5.56 Å². The van der Waals surface area contributed by atoms with E-state index in [4.69, 9.17) is 0 Å². The third-order valence-electron chi connectivity index (χ3n) is 3.17. The summed E-state index contributed by atoms with van der Waals surface area (Å²) in [7, 11) is 0. The second-order valence-corrected chi connectivity index (χ2v) is 3.99. The highest BCUT2D eigenvalue weighted by Crippen LogP contribution is 2.31. The van der Waals surface area contributed by atoms with Crippen LogP contribution in [0.5, 0.6) is 5.75 Å². The molecule has 0 fully saturated rings. The Morgan fingerprint density at radius 3 is 3.00 bits per heavy atom.